The van der Waals surface area contributed by atoms with Crippen LogP contribution in [-0.4, -0.2) is 67.5 Å². The molecule has 0 radical (unpaired) electrons. The molecule has 0 saturated carbocycles. The van der Waals surface area contributed by atoms with Crippen LogP contribution in [0.3, 0.4) is 0 Å². The summed E-state index contributed by atoms with van der Waals surface area (Å²) in [7, 11) is 1.55. The van der Waals surface area contributed by atoms with E-state index in [-0.39, 0.29) is 43.4 Å². The Morgan fingerprint density at radius 1 is 1.37 bits per heavy atom. The van der Waals surface area contributed by atoms with Crippen LogP contribution in [0.2, 0.25) is 5.02 Å². The number of anilines is 1. The molecule has 0 spiro atoms. The highest BCUT2D eigenvalue weighted by Gasteiger charge is 2.33. The van der Waals surface area contributed by atoms with Gasteiger partial charge < -0.3 is 14.5 Å². The fraction of sp³-hybridized carbons (Fsp3) is 0.526. The minimum Gasteiger partial charge on any atom is -0.383 e. The molecular weight excluding hydrogens is 370 g/mol. The molecule has 0 aliphatic carbocycles. The van der Waals surface area contributed by atoms with Crippen molar-refractivity contribution in [3.05, 3.63) is 29.3 Å². The number of nitrogens with zero attached hydrogens (tertiary/aromatic N) is 3. The van der Waals surface area contributed by atoms with Gasteiger partial charge in [-0.3, -0.25) is 19.3 Å². The Morgan fingerprint density at radius 2 is 2.11 bits per heavy atom. The van der Waals surface area contributed by atoms with E-state index in [0.29, 0.717) is 30.3 Å². The monoisotopic (exact) mass is 395 g/mol. The van der Waals surface area contributed by atoms with Crippen LogP contribution in [-0.2, 0) is 19.1 Å². The van der Waals surface area contributed by atoms with Crippen molar-refractivity contribution in [1.29, 1.82) is 0 Å². The predicted molar refractivity (Wildman–Crippen MR) is 103 cm³/mol. The Morgan fingerprint density at radius 3 is 2.74 bits per heavy atom. The van der Waals surface area contributed by atoms with Gasteiger partial charge in [0.05, 0.1) is 13.2 Å². The largest absolute Gasteiger partial charge is 0.383 e. The lowest BCUT2D eigenvalue weighted by Crippen LogP contribution is -2.45. The van der Waals surface area contributed by atoms with Gasteiger partial charge in [-0.25, -0.2) is 0 Å². The fourth-order valence-electron chi connectivity index (χ4n) is 2.80. The molecule has 0 aromatic heterocycles. The van der Waals surface area contributed by atoms with E-state index >= 15 is 0 Å². The average Bonchev–Trinajstić information content (AvgIpc) is 3.05. The molecule has 1 aliphatic heterocycles. The first kappa shape index (κ1) is 21.2. The number of methoxy groups -OCH3 is 1. The number of ether oxygens (including phenoxy) is 1. The number of benzene rings is 1. The first-order chi connectivity index (χ1) is 12.9. The zero-order valence-electron chi connectivity index (χ0n) is 16.0. The summed E-state index contributed by atoms with van der Waals surface area (Å²) < 4.78 is 5.05. The second-order valence-electron chi connectivity index (χ2n) is 6.60. The molecule has 0 N–H and O–H groups in total. The second kappa shape index (κ2) is 9.71. The van der Waals surface area contributed by atoms with Crippen LogP contribution in [0, 0.1) is 5.92 Å². The van der Waals surface area contributed by atoms with Crippen LogP contribution in [0.25, 0.3) is 0 Å². The third kappa shape index (κ3) is 5.43. The molecule has 8 heteroatoms. The molecule has 27 heavy (non-hydrogen) atoms. The summed E-state index contributed by atoms with van der Waals surface area (Å²) >= 11 is 5.99. The van der Waals surface area contributed by atoms with Gasteiger partial charge in [0.2, 0.25) is 17.7 Å². The Labute approximate surface area is 164 Å². The summed E-state index contributed by atoms with van der Waals surface area (Å²) in [5.74, 6) is -0.694. The molecule has 1 aromatic carbocycles. The van der Waals surface area contributed by atoms with Gasteiger partial charge >= 0.3 is 0 Å². The molecule has 1 aromatic rings. The van der Waals surface area contributed by atoms with Gasteiger partial charge in [-0.2, -0.15) is 0 Å². The molecule has 148 valence electrons. The summed E-state index contributed by atoms with van der Waals surface area (Å²) in [5.41, 5.74) is 0.648. The zero-order valence-corrected chi connectivity index (χ0v) is 16.7. The van der Waals surface area contributed by atoms with E-state index in [2.05, 4.69) is 0 Å². The Bertz CT molecular complexity index is 697. The Kier molecular flexibility index (Phi) is 7.62. The maximum atomic E-state index is 12.7. The molecule has 1 fully saturated rings. The van der Waals surface area contributed by atoms with Crippen molar-refractivity contribution in [3.8, 4) is 0 Å². The van der Waals surface area contributed by atoms with Gasteiger partial charge in [0.15, 0.2) is 0 Å². The predicted octanol–water partition coefficient (Wildman–Crippen LogP) is 1.99. The zero-order chi connectivity index (χ0) is 20.0. The summed E-state index contributed by atoms with van der Waals surface area (Å²) in [4.78, 5) is 42.0. The van der Waals surface area contributed by atoms with E-state index in [1.54, 1.807) is 31.4 Å². The summed E-state index contributed by atoms with van der Waals surface area (Å²) in [6.07, 6.45) is 0.696. The van der Waals surface area contributed by atoms with Crippen LogP contribution in [0.1, 0.15) is 20.3 Å². The SMILES string of the molecule is CCC(C)C(=O)N(CCOC)CC(=O)N1CC(=O)N(c2cccc(Cl)c2)C1. The number of rotatable bonds is 8. The molecule has 1 unspecified atom stereocenters. The van der Waals surface area contributed by atoms with Crippen LogP contribution >= 0.6 is 11.6 Å². The van der Waals surface area contributed by atoms with Gasteiger partial charge in [0.1, 0.15) is 13.2 Å². The molecule has 1 saturated heterocycles. The highest BCUT2D eigenvalue weighted by atomic mass is 35.5. The van der Waals surface area contributed by atoms with E-state index in [1.807, 2.05) is 13.8 Å². The Balaban J connectivity index is 2.05. The number of carbonyl (C=O) groups is 3. The smallest absolute Gasteiger partial charge is 0.248 e. The molecule has 1 atom stereocenters. The number of hydrogen-bond donors (Lipinski definition) is 0. The van der Waals surface area contributed by atoms with Crippen LogP contribution in [0.15, 0.2) is 24.3 Å². The van der Waals surface area contributed by atoms with Crippen molar-refractivity contribution >= 4 is 35.0 Å². The second-order valence-corrected chi connectivity index (χ2v) is 7.03. The fourth-order valence-corrected chi connectivity index (χ4v) is 2.99. The summed E-state index contributed by atoms with van der Waals surface area (Å²) in [6.45, 7) is 4.53. The summed E-state index contributed by atoms with van der Waals surface area (Å²) in [6, 6.07) is 6.94. The van der Waals surface area contributed by atoms with Gasteiger partial charge in [-0.15, -0.1) is 0 Å². The molecule has 1 aliphatic rings. The molecule has 2 rings (SSSR count). The van der Waals surface area contributed by atoms with Crippen LogP contribution < -0.4 is 4.90 Å². The van der Waals surface area contributed by atoms with E-state index in [9.17, 15) is 14.4 Å². The standard InChI is InChI=1S/C19H26ClN3O4/c1-4-14(2)19(26)21(8-9-27-3)11-17(24)22-12-18(25)23(13-22)16-7-5-6-15(20)10-16/h5-7,10,14H,4,8-9,11-13H2,1-3H3. The average molecular weight is 396 g/mol. The molecule has 7 nitrogen and oxygen atoms in total. The lowest BCUT2D eigenvalue weighted by atomic mass is 10.1. The van der Waals surface area contributed by atoms with Gasteiger partial charge in [-0.05, 0) is 24.6 Å². The van der Waals surface area contributed by atoms with Crippen molar-refractivity contribution in [2.45, 2.75) is 20.3 Å². The molecular formula is C19H26ClN3O4. The first-order valence-electron chi connectivity index (χ1n) is 8.98. The van der Waals surface area contributed by atoms with Crippen molar-refractivity contribution in [1.82, 2.24) is 9.80 Å². The molecule has 1 heterocycles. The molecule has 0 bridgehead atoms. The van der Waals surface area contributed by atoms with Crippen molar-refractivity contribution < 1.29 is 19.1 Å². The van der Waals surface area contributed by atoms with E-state index in [4.69, 9.17) is 16.3 Å². The maximum absolute atomic E-state index is 12.7. The van der Waals surface area contributed by atoms with Gasteiger partial charge in [-0.1, -0.05) is 31.5 Å². The Hall–Kier alpha value is -2.12. The lowest BCUT2D eigenvalue weighted by Gasteiger charge is -2.27. The topological polar surface area (TPSA) is 70.2 Å². The summed E-state index contributed by atoms with van der Waals surface area (Å²) in [5, 5.41) is 0.523. The number of halogens is 1. The quantitative estimate of drug-likeness (QED) is 0.675. The van der Waals surface area contributed by atoms with Crippen LogP contribution in [0.4, 0.5) is 5.69 Å². The number of hydrogen-bond acceptors (Lipinski definition) is 4. The van der Waals surface area contributed by atoms with Crippen molar-refractivity contribution in [2.75, 3.05) is 44.9 Å². The first-order valence-corrected chi connectivity index (χ1v) is 9.36. The number of carbonyl (C=O) groups excluding carboxylic acids is 3. The highest BCUT2D eigenvalue weighted by molar-refractivity contribution is 6.31. The van der Waals surface area contributed by atoms with E-state index in [1.165, 1.54) is 14.7 Å². The third-order valence-electron chi connectivity index (χ3n) is 4.65. The third-order valence-corrected chi connectivity index (χ3v) is 4.88. The van der Waals surface area contributed by atoms with Crippen molar-refractivity contribution in [2.24, 2.45) is 5.92 Å². The normalized spacial score (nSPS) is 15.2. The van der Waals surface area contributed by atoms with E-state index < -0.39 is 0 Å². The highest BCUT2D eigenvalue weighted by Crippen LogP contribution is 2.23. The van der Waals surface area contributed by atoms with Gasteiger partial charge in [0.25, 0.3) is 0 Å². The van der Waals surface area contributed by atoms with Crippen molar-refractivity contribution in [3.63, 3.8) is 0 Å². The van der Waals surface area contributed by atoms with Crippen LogP contribution in [0.5, 0.6) is 0 Å². The maximum Gasteiger partial charge on any atom is 0.248 e. The number of amides is 3. The minimum absolute atomic E-state index is 0.0129. The van der Waals surface area contributed by atoms with E-state index in [0.717, 1.165) is 0 Å². The lowest BCUT2D eigenvalue weighted by molar-refractivity contribution is -0.143. The minimum atomic E-state index is -0.263. The molecule has 3 amide bonds. The van der Waals surface area contributed by atoms with Gasteiger partial charge in [0, 0.05) is 30.3 Å².